The molecule has 14 nitrogen and oxygen atoms in total. The van der Waals surface area contributed by atoms with Gasteiger partial charge in [-0.2, -0.15) is 16.8 Å². The second kappa shape index (κ2) is 8.57. The number of pyridine rings is 2. The van der Waals surface area contributed by atoms with Crippen LogP contribution in [0.2, 0.25) is 0 Å². The van der Waals surface area contributed by atoms with Crippen LogP contribution < -0.4 is 11.1 Å². The van der Waals surface area contributed by atoms with E-state index in [1.54, 1.807) is 24.3 Å². The summed E-state index contributed by atoms with van der Waals surface area (Å²) in [5.74, 6) is 0. The van der Waals surface area contributed by atoms with Crippen LogP contribution in [-0.2, 0) is 30.1 Å². The lowest BCUT2D eigenvalue weighted by Gasteiger charge is -2.17. The van der Waals surface area contributed by atoms with Crippen molar-refractivity contribution in [3.63, 3.8) is 0 Å². The summed E-state index contributed by atoms with van der Waals surface area (Å²) in [4.78, 5) is 37.0. The molecule has 0 bridgehead atoms. The molecule has 0 spiro atoms. The van der Waals surface area contributed by atoms with Crippen molar-refractivity contribution in [3.05, 3.63) is 93.5 Å². The van der Waals surface area contributed by atoms with Gasteiger partial charge in [-0.3, -0.25) is 27.5 Å². The van der Waals surface area contributed by atoms with Gasteiger partial charge in [-0.1, -0.05) is 12.1 Å². The van der Waals surface area contributed by atoms with Crippen molar-refractivity contribution in [2.24, 2.45) is 0 Å². The molecule has 5 heterocycles. The molecule has 0 fully saturated rings. The Bertz CT molecular complexity index is 3880. The van der Waals surface area contributed by atoms with Gasteiger partial charge in [0, 0.05) is 43.1 Å². The third-order valence-electron chi connectivity index (χ3n) is 10.8. The molecular weight excluding hydrogens is 745 g/mol. The summed E-state index contributed by atoms with van der Waals surface area (Å²) in [6.07, 6.45) is 0. The molecule has 1 aliphatic heterocycles. The molecule has 4 aromatic heterocycles. The zero-order valence-electron chi connectivity index (χ0n) is 26.1. The predicted molar refractivity (Wildman–Crippen MR) is 195 cm³/mol. The van der Waals surface area contributed by atoms with Crippen molar-refractivity contribution in [1.29, 1.82) is 0 Å². The van der Waals surface area contributed by atoms with E-state index >= 15 is 0 Å². The quantitative estimate of drug-likeness (QED) is 0.137. The molecule has 0 saturated carbocycles. The van der Waals surface area contributed by atoms with Crippen LogP contribution in [-0.4, -0.2) is 53.1 Å². The number of hydrogen-bond acceptors (Lipinski definition) is 10. The summed E-state index contributed by atoms with van der Waals surface area (Å²) in [5, 5.41) is 5.13. The van der Waals surface area contributed by atoms with E-state index < -0.39 is 51.0 Å². The molecule has 0 radical (unpaired) electrons. The number of aromatic nitrogens is 4. The average molecular weight is 759 g/mol. The highest BCUT2D eigenvalue weighted by Gasteiger charge is 2.37. The summed E-state index contributed by atoms with van der Waals surface area (Å²) in [6.45, 7) is 0. The lowest BCUT2D eigenvalue weighted by Crippen LogP contribution is -2.14. The molecule has 1 aliphatic rings. The maximum atomic E-state index is 14.6. The summed E-state index contributed by atoms with van der Waals surface area (Å²) >= 11 is 0. The monoisotopic (exact) mass is 758 g/mol. The minimum Gasteiger partial charge on any atom is -0.282 e. The van der Waals surface area contributed by atoms with E-state index in [1.165, 1.54) is 45.2 Å². The largest absolute Gasteiger partial charge is 0.294 e. The van der Waals surface area contributed by atoms with Gasteiger partial charge in [0.15, 0.2) is 0 Å². The normalized spacial score (nSPS) is 15.0. The van der Waals surface area contributed by atoms with Gasteiger partial charge in [0.25, 0.3) is 31.4 Å². The fraction of sp³-hybridized carbons (Fsp3) is 0. The number of fused-ring (bicyclic) bond motifs is 9. The molecule has 0 aliphatic carbocycles. The maximum absolute atomic E-state index is 14.6. The topological polar surface area (TPSA) is 212 Å². The Morgan fingerprint density at radius 3 is 1.28 bits per heavy atom. The number of imidazole rings is 2. The first-order valence-electron chi connectivity index (χ1n) is 15.8. The summed E-state index contributed by atoms with van der Waals surface area (Å²) in [5.41, 5.74) is -0.0612. The average Bonchev–Trinajstić information content (AvgIpc) is 3.76. The van der Waals surface area contributed by atoms with Crippen molar-refractivity contribution in [2.75, 3.05) is 0 Å². The molecule has 12 rings (SSSR count). The molecule has 53 heavy (non-hydrogen) atoms. The van der Waals surface area contributed by atoms with Crippen molar-refractivity contribution in [3.8, 4) is 0 Å². The van der Waals surface area contributed by atoms with Crippen LogP contribution in [0.15, 0.2) is 102 Å². The van der Waals surface area contributed by atoms with E-state index in [1.807, 2.05) is 0 Å². The minimum atomic E-state index is -4.63. The smallest absolute Gasteiger partial charge is 0.282 e. The van der Waals surface area contributed by atoms with Crippen LogP contribution in [0.3, 0.4) is 0 Å². The summed E-state index contributed by atoms with van der Waals surface area (Å²) in [6, 6.07) is 17.2. The first-order valence-corrected chi connectivity index (χ1v) is 20.1. The van der Waals surface area contributed by atoms with E-state index in [0.29, 0.717) is 53.9 Å². The number of nitrogens with zero attached hydrogens (tertiary/aromatic N) is 4. The SMILES string of the molecule is O=c1c2cc3c4c5c(cc6c(=O)n7c8cc(S(=O)(=O)O)ccc8nc7c7ccc(c8ccc(c2c84)c2nc4ccc(S(=O)(=O)O)cc4n12)c5c67)S3(=O)=O. The molecule has 0 saturated heterocycles. The van der Waals surface area contributed by atoms with E-state index in [0.717, 1.165) is 12.1 Å². The molecule has 256 valence electrons. The second-order valence-electron chi connectivity index (χ2n) is 13.3. The van der Waals surface area contributed by atoms with Gasteiger partial charge in [0.1, 0.15) is 11.3 Å². The summed E-state index contributed by atoms with van der Waals surface area (Å²) < 4.78 is 99.1. The first kappa shape index (κ1) is 29.5. The minimum absolute atomic E-state index is 0.0502. The van der Waals surface area contributed by atoms with Crippen molar-refractivity contribution >= 4 is 128 Å². The fourth-order valence-corrected chi connectivity index (χ4v) is 11.5. The third-order valence-corrected chi connectivity index (χ3v) is 14.3. The van der Waals surface area contributed by atoms with Gasteiger partial charge in [-0.15, -0.1) is 0 Å². The predicted octanol–water partition coefficient (Wildman–Crippen LogP) is 4.88. The van der Waals surface area contributed by atoms with E-state index in [-0.39, 0.29) is 53.9 Å². The van der Waals surface area contributed by atoms with E-state index in [4.69, 9.17) is 0 Å². The van der Waals surface area contributed by atoms with Crippen LogP contribution in [0.1, 0.15) is 0 Å². The number of hydrogen-bond donors (Lipinski definition) is 2. The Hall–Kier alpha value is -6.11. The lowest BCUT2D eigenvalue weighted by molar-refractivity contribution is 0.481. The zero-order chi connectivity index (χ0) is 36.4. The van der Waals surface area contributed by atoms with Crippen LogP contribution in [0, 0.1) is 0 Å². The zero-order valence-corrected chi connectivity index (χ0v) is 28.6. The first-order chi connectivity index (χ1) is 25.1. The van der Waals surface area contributed by atoms with Crippen molar-refractivity contribution < 1.29 is 34.4 Å². The third kappa shape index (κ3) is 3.21. The van der Waals surface area contributed by atoms with Gasteiger partial charge in [0.05, 0.1) is 52.4 Å². The Balaban J connectivity index is 1.31. The molecule has 0 atom stereocenters. The van der Waals surface area contributed by atoms with Crippen molar-refractivity contribution in [1.82, 2.24) is 18.8 Å². The van der Waals surface area contributed by atoms with Crippen LogP contribution >= 0.6 is 0 Å². The second-order valence-corrected chi connectivity index (χ2v) is 18.1. The number of sulfone groups is 1. The van der Waals surface area contributed by atoms with Crippen molar-refractivity contribution in [2.45, 2.75) is 19.6 Å². The highest BCUT2D eigenvalue weighted by Crippen LogP contribution is 2.54. The van der Waals surface area contributed by atoms with Gasteiger partial charge in [-0.25, -0.2) is 18.4 Å². The highest BCUT2D eigenvalue weighted by atomic mass is 32.2. The molecule has 0 unspecified atom stereocenters. The Labute approximate surface area is 293 Å². The number of benzene rings is 7. The van der Waals surface area contributed by atoms with Crippen LogP contribution in [0.25, 0.3) is 98.0 Å². The molecule has 17 heteroatoms. The molecule has 0 amide bonds. The van der Waals surface area contributed by atoms with Gasteiger partial charge >= 0.3 is 0 Å². The lowest BCUT2D eigenvalue weighted by atomic mass is 9.86. The standard InChI is InChI=1S/C36H14N4O10S3/c41-35-19-11-25-31-29-15(3-5-17(27(19)29)33-37-21-7-1-13(52(45,46)47)9-23(21)39(33)35)16-4-6-18-28-20(12-26(51(25,43)44)32(31)30(16)28)36(42)40-24-10-14(53(48,49)50)2-8-22(24)38-34(18)40/h1-12H,(H,45,46,47)(H,48,49,50). The Kier molecular flexibility index (Phi) is 4.76. The Morgan fingerprint density at radius 2 is 0.887 bits per heavy atom. The summed E-state index contributed by atoms with van der Waals surface area (Å²) in [7, 11) is -13.6. The molecular formula is C36H14N4O10S3. The maximum Gasteiger partial charge on any atom is 0.294 e. The molecule has 11 aromatic rings. The highest BCUT2D eigenvalue weighted by molar-refractivity contribution is 7.92. The van der Waals surface area contributed by atoms with E-state index in [9.17, 15) is 43.9 Å². The number of rotatable bonds is 2. The van der Waals surface area contributed by atoms with Gasteiger partial charge < -0.3 is 0 Å². The van der Waals surface area contributed by atoms with Gasteiger partial charge in [0.2, 0.25) is 9.84 Å². The molecule has 7 aromatic carbocycles. The van der Waals surface area contributed by atoms with E-state index in [2.05, 4.69) is 9.97 Å². The molecule has 2 N–H and O–H groups in total. The van der Waals surface area contributed by atoms with Crippen LogP contribution in [0.5, 0.6) is 0 Å². The van der Waals surface area contributed by atoms with Gasteiger partial charge in [-0.05, 0) is 71.4 Å². The van der Waals surface area contributed by atoms with Crippen LogP contribution in [0.4, 0.5) is 0 Å². The fourth-order valence-electron chi connectivity index (χ4n) is 8.72. The Morgan fingerprint density at radius 1 is 0.491 bits per heavy atom.